The molecule has 6 nitrogen and oxygen atoms in total. The Morgan fingerprint density at radius 3 is 2.53 bits per heavy atom. The Morgan fingerprint density at radius 1 is 1.41 bits per heavy atom. The standard InChI is InChI=1S/C10H14N2O4S/c1-8(6-11)17(15,16)7-9-4-2-3-5-10(9)12(13)14/h2-5,8H,6-7,11H2,1H3. The summed E-state index contributed by atoms with van der Waals surface area (Å²) in [5.41, 5.74) is 5.31. The fraction of sp³-hybridized carbons (Fsp3) is 0.400. The van der Waals surface area contributed by atoms with E-state index in [1.807, 2.05) is 0 Å². The van der Waals surface area contributed by atoms with Crippen molar-refractivity contribution in [1.29, 1.82) is 0 Å². The number of rotatable bonds is 5. The fourth-order valence-electron chi connectivity index (χ4n) is 1.32. The van der Waals surface area contributed by atoms with Crippen molar-refractivity contribution < 1.29 is 13.3 Å². The third-order valence-electron chi connectivity index (χ3n) is 2.49. The van der Waals surface area contributed by atoms with E-state index in [4.69, 9.17) is 5.73 Å². The van der Waals surface area contributed by atoms with Crippen LogP contribution in [0.2, 0.25) is 0 Å². The predicted molar refractivity (Wildman–Crippen MR) is 64.2 cm³/mol. The molecule has 0 aromatic heterocycles. The molecule has 1 aromatic rings. The maximum absolute atomic E-state index is 11.8. The molecule has 0 aliphatic rings. The minimum atomic E-state index is -3.45. The second-order valence-corrected chi connectivity index (χ2v) is 6.16. The first kappa shape index (κ1) is 13.6. The number of para-hydroxylation sites is 1. The zero-order chi connectivity index (χ0) is 13.1. The van der Waals surface area contributed by atoms with E-state index < -0.39 is 20.0 Å². The van der Waals surface area contributed by atoms with Gasteiger partial charge in [0.25, 0.3) is 5.69 Å². The molecule has 0 bridgehead atoms. The van der Waals surface area contributed by atoms with Gasteiger partial charge in [0.1, 0.15) is 0 Å². The van der Waals surface area contributed by atoms with Gasteiger partial charge in [-0.05, 0) is 6.92 Å². The Morgan fingerprint density at radius 2 is 2.00 bits per heavy atom. The van der Waals surface area contributed by atoms with Gasteiger partial charge in [-0.3, -0.25) is 10.1 Å². The van der Waals surface area contributed by atoms with E-state index >= 15 is 0 Å². The van der Waals surface area contributed by atoms with E-state index in [9.17, 15) is 18.5 Å². The number of benzene rings is 1. The van der Waals surface area contributed by atoms with Gasteiger partial charge in [0.05, 0.1) is 15.9 Å². The van der Waals surface area contributed by atoms with Crippen molar-refractivity contribution in [2.24, 2.45) is 5.73 Å². The summed E-state index contributed by atoms with van der Waals surface area (Å²) >= 11 is 0. The van der Waals surface area contributed by atoms with E-state index in [0.29, 0.717) is 0 Å². The lowest BCUT2D eigenvalue weighted by Gasteiger charge is -2.10. The number of hydrogen-bond acceptors (Lipinski definition) is 5. The minimum absolute atomic E-state index is 0.00294. The van der Waals surface area contributed by atoms with Crippen molar-refractivity contribution in [2.75, 3.05) is 6.54 Å². The Kier molecular flexibility index (Phi) is 4.19. The number of nitro groups is 1. The number of nitrogens with zero attached hydrogens (tertiary/aromatic N) is 1. The average Bonchev–Trinajstić information content (AvgIpc) is 2.27. The van der Waals surface area contributed by atoms with Crippen LogP contribution in [0.5, 0.6) is 0 Å². The lowest BCUT2D eigenvalue weighted by atomic mass is 10.2. The second-order valence-electron chi connectivity index (χ2n) is 3.74. The van der Waals surface area contributed by atoms with Gasteiger partial charge in [0.2, 0.25) is 0 Å². The maximum atomic E-state index is 11.8. The second kappa shape index (κ2) is 5.24. The van der Waals surface area contributed by atoms with Crippen LogP contribution < -0.4 is 5.73 Å². The van der Waals surface area contributed by atoms with Gasteiger partial charge >= 0.3 is 0 Å². The van der Waals surface area contributed by atoms with Crippen LogP contribution in [0, 0.1) is 10.1 Å². The molecule has 0 spiro atoms. The molecule has 1 unspecified atom stereocenters. The Bertz CT molecular complexity index is 513. The first-order chi connectivity index (χ1) is 7.88. The summed E-state index contributed by atoms with van der Waals surface area (Å²) in [7, 11) is -3.45. The molecule has 94 valence electrons. The molecule has 0 saturated carbocycles. The van der Waals surface area contributed by atoms with Crippen LogP contribution in [-0.4, -0.2) is 25.1 Å². The molecule has 1 aromatic carbocycles. The van der Waals surface area contributed by atoms with Crippen LogP contribution in [0.25, 0.3) is 0 Å². The molecule has 17 heavy (non-hydrogen) atoms. The van der Waals surface area contributed by atoms with Crippen molar-refractivity contribution in [3.05, 3.63) is 39.9 Å². The van der Waals surface area contributed by atoms with Crippen LogP contribution in [0.3, 0.4) is 0 Å². The summed E-state index contributed by atoms with van der Waals surface area (Å²) in [6, 6.07) is 5.81. The van der Waals surface area contributed by atoms with Gasteiger partial charge in [-0.1, -0.05) is 18.2 Å². The molecule has 0 saturated heterocycles. The summed E-state index contributed by atoms with van der Waals surface area (Å²) in [5.74, 6) is -0.359. The monoisotopic (exact) mass is 258 g/mol. The van der Waals surface area contributed by atoms with Gasteiger partial charge < -0.3 is 5.73 Å². The molecular formula is C10H14N2O4S. The van der Waals surface area contributed by atoms with Crippen molar-refractivity contribution in [3.63, 3.8) is 0 Å². The van der Waals surface area contributed by atoms with E-state index in [-0.39, 0.29) is 23.5 Å². The Balaban J connectivity index is 3.08. The van der Waals surface area contributed by atoms with E-state index in [1.165, 1.54) is 25.1 Å². The van der Waals surface area contributed by atoms with Crippen molar-refractivity contribution in [2.45, 2.75) is 17.9 Å². The highest BCUT2D eigenvalue weighted by Gasteiger charge is 2.24. The van der Waals surface area contributed by atoms with Crippen molar-refractivity contribution >= 4 is 15.5 Å². The van der Waals surface area contributed by atoms with Crippen molar-refractivity contribution in [3.8, 4) is 0 Å². The van der Waals surface area contributed by atoms with E-state index in [0.717, 1.165) is 0 Å². The van der Waals surface area contributed by atoms with Crippen LogP contribution >= 0.6 is 0 Å². The SMILES string of the molecule is CC(CN)S(=O)(=O)Cc1ccccc1[N+](=O)[O-]. The molecule has 0 radical (unpaired) electrons. The number of nitro benzene ring substituents is 1. The molecule has 1 atom stereocenters. The first-order valence-corrected chi connectivity index (χ1v) is 6.74. The van der Waals surface area contributed by atoms with Gasteiger partial charge in [-0.15, -0.1) is 0 Å². The van der Waals surface area contributed by atoms with Crippen LogP contribution in [0.15, 0.2) is 24.3 Å². The third kappa shape index (κ3) is 3.24. The molecule has 1 rings (SSSR count). The number of nitrogens with two attached hydrogens (primary N) is 1. The van der Waals surface area contributed by atoms with E-state index in [1.54, 1.807) is 6.07 Å². The Hall–Kier alpha value is -1.47. The van der Waals surface area contributed by atoms with Gasteiger partial charge in [0, 0.05) is 18.2 Å². The van der Waals surface area contributed by atoms with Crippen LogP contribution in [-0.2, 0) is 15.6 Å². The number of hydrogen-bond donors (Lipinski definition) is 1. The first-order valence-electron chi connectivity index (χ1n) is 5.02. The molecule has 0 fully saturated rings. The summed E-state index contributed by atoms with van der Waals surface area (Å²) in [5, 5.41) is 10.0. The van der Waals surface area contributed by atoms with Crippen molar-refractivity contribution in [1.82, 2.24) is 0 Å². The summed E-state index contributed by atoms with van der Waals surface area (Å²) in [6.45, 7) is 1.49. The molecule has 7 heteroatoms. The Labute approximate surface area is 99.5 Å². The zero-order valence-corrected chi connectivity index (χ0v) is 10.2. The molecular weight excluding hydrogens is 244 g/mol. The third-order valence-corrected chi connectivity index (χ3v) is 4.62. The predicted octanol–water partition coefficient (Wildman–Crippen LogP) is 0.857. The van der Waals surface area contributed by atoms with Gasteiger partial charge in [-0.2, -0.15) is 0 Å². The summed E-state index contributed by atoms with van der Waals surface area (Å²) in [4.78, 5) is 10.1. The van der Waals surface area contributed by atoms with E-state index in [2.05, 4.69) is 0 Å². The molecule has 0 amide bonds. The zero-order valence-electron chi connectivity index (χ0n) is 9.37. The average molecular weight is 258 g/mol. The van der Waals surface area contributed by atoms with Crippen LogP contribution in [0.4, 0.5) is 5.69 Å². The summed E-state index contributed by atoms with van der Waals surface area (Å²) < 4.78 is 23.6. The molecule has 0 heterocycles. The maximum Gasteiger partial charge on any atom is 0.273 e. The number of sulfone groups is 1. The van der Waals surface area contributed by atoms with Crippen LogP contribution in [0.1, 0.15) is 12.5 Å². The largest absolute Gasteiger partial charge is 0.329 e. The lowest BCUT2D eigenvalue weighted by Crippen LogP contribution is -2.27. The van der Waals surface area contributed by atoms with Gasteiger partial charge in [0.15, 0.2) is 9.84 Å². The lowest BCUT2D eigenvalue weighted by molar-refractivity contribution is -0.385. The highest BCUT2D eigenvalue weighted by Crippen LogP contribution is 2.21. The summed E-state index contributed by atoms with van der Waals surface area (Å²) in [6.07, 6.45) is 0. The molecule has 0 aliphatic carbocycles. The normalized spacial score (nSPS) is 13.3. The molecule has 2 N–H and O–H groups in total. The fourth-order valence-corrected chi connectivity index (χ4v) is 2.57. The smallest absolute Gasteiger partial charge is 0.273 e. The quantitative estimate of drug-likeness (QED) is 0.623. The molecule has 0 aliphatic heterocycles. The highest BCUT2D eigenvalue weighted by molar-refractivity contribution is 7.91. The van der Waals surface area contributed by atoms with Gasteiger partial charge in [-0.25, -0.2) is 8.42 Å². The highest BCUT2D eigenvalue weighted by atomic mass is 32.2. The minimum Gasteiger partial charge on any atom is -0.329 e. The topological polar surface area (TPSA) is 103 Å².